The SMILES string of the molecule is COc1nc(Cl)cc2c1[C@]1(O)[C@H](O)[C@@H]3CN(C)c4cccc(c4)[C@H]3[C@]1(c1ccc(Br)cc1)O2. The first-order valence-corrected chi connectivity index (χ1v) is 11.9. The zero-order valence-corrected chi connectivity index (χ0v) is 20.3. The van der Waals surface area contributed by atoms with Gasteiger partial charge in [0.15, 0.2) is 11.2 Å². The monoisotopic (exact) mass is 528 g/mol. The van der Waals surface area contributed by atoms with Gasteiger partial charge in [-0.05, 0) is 35.4 Å². The van der Waals surface area contributed by atoms with E-state index in [2.05, 4.69) is 31.9 Å². The minimum atomic E-state index is -1.82. The van der Waals surface area contributed by atoms with Crippen LogP contribution in [0.15, 0.2) is 59.1 Å². The Balaban J connectivity index is 1.70. The predicted octanol–water partition coefficient (Wildman–Crippen LogP) is 4.21. The molecule has 3 heterocycles. The molecule has 6 rings (SSSR count). The number of methoxy groups -OCH3 is 1. The van der Waals surface area contributed by atoms with Gasteiger partial charge in [-0.3, -0.25) is 0 Å². The number of aromatic nitrogens is 1. The molecular weight excluding hydrogens is 508 g/mol. The van der Waals surface area contributed by atoms with Gasteiger partial charge < -0.3 is 24.6 Å². The lowest BCUT2D eigenvalue weighted by Crippen LogP contribution is -2.52. The Bertz CT molecular complexity index is 1270. The molecule has 0 spiro atoms. The normalized spacial score (nSPS) is 31.3. The van der Waals surface area contributed by atoms with Crippen molar-refractivity contribution in [3.8, 4) is 11.6 Å². The molecule has 3 aliphatic rings. The van der Waals surface area contributed by atoms with Gasteiger partial charge in [-0.1, -0.05) is 51.8 Å². The Labute approximate surface area is 204 Å². The molecule has 1 aromatic heterocycles. The van der Waals surface area contributed by atoms with E-state index in [9.17, 15) is 10.2 Å². The second-order valence-electron chi connectivity index (χ2n) is 9.00. The molecule has 2 aromatic carbocycles. The number of fused-ring (bicyclic) bond motifs is 8. The Morgan fingerprint density at radius 3 is 2.70 bits per heavy atom. The van der Waals surface area contributed by atoms with Crippen LogP contribution in [-0.4, -0.2) is 42.0 Å². The summed E-state index contributed by atoms with van der Waals surface area (Å²) in [6.07, 6.45) is -1.15. The predicted molar refractivity (Wildman–Crippen MR) is 128 cm³/mol. The summed E-state index contributed by atoms with van der Waals surface area (Å²) in [4.78, 5) is 6.40. The zero-order chi connectivity index (χ0) is 23.1. The maximum atomic E-state index is 12.6. The van der Waals surface area contributed by atoms with Crippen molar-refractivity contribution in [2.24, 2.45) is 5.92 Å². The number of nitrogens with zero attached hydrogens (tertiary/aromatic N) is 2. The smallest absolute Gasteiger partial charge is 0.224 e. The molecule has 0 unspecified atom stereocenters. The molecule has 5 atom stereocenters. The van der Waals surface area contributed by atoms with E-state index in [4.69, 9.17) is 21.1 Å². The molecule has 33 heavy (non-hydrogen) atoms. The van der Waals surface area contributed by atoms with Crippen molar-refractivity contribution in [2.75, 3.05) is 25.6 Å². The van der Waals surface area contributed by atoms with Crippen molar-refractivity contribution < 1.29 is 19.7 Å². The number of hydrogen-bond donors (Lipinski definition) is 2. The maximum absolute atomic E-state index is 12.6. The van der Waals surface area contributed by atoms with Crippen LogP contribution in [0.25, 0.3) is 0 Å². The third-order valence-corrected chi connectivity index (χ3v) is 8.18. The standard InChI is InChI=1S/C25H22BrClN2O4/c1-29-12-17-20(13-4-3-5-16(29)10-13)25(14-6-8-15(26)9-7-14)24(31,22(17)30)21-18(33-25)11-19(27)28-23(21)32-2/h3-11,17,20,22,30-31H,12H2,1-2H3/t17-,20-,22-,24+,25+/m1/s1. The van der Waals surface area contributed by atoms with Gasteiger partial charge in [-0.15, -0.1) is 0 Å². The van der Waals surface area contributed by atoms with Crippen LogP contribution in [0.1, 0.15) is 22.6 Å². The Hall–Kier alpha value is -2.32. The Morgan fingerprint density at radius 2 is 1.97 bits per heavy atom. The van der Waals surface area contributed by atoms with Gasteiger partial charge >= 0.3 is 0 Å². The second kappa shape index (κ2) is 7.09. The average molecular weight is 530 g/mol. The third-order valence-electron chi connectivity index (χ3n) is 7.46. The number of hydrogen-bond acceptors (Lipinski definition) is 6. The number of aliphatic hydroxyl groups excluding tert-OH is 1. The number of anilines is 1. The van der Waals surface area contributed by atoms with Crippen LogP contribution in [0.5, 0.6) is 11.6 Å². The van der Waals surface area contributed by atoms with Crippen molar-refractivity contribution in [3.05, 3.63) is 80.9 Å². The number of halogens is 2. The number of ether oxygens (including phenoxy) is 2. The molecule has 0 saturated heterocycles. The van der Waals surface area contributed by atoms with Crippen LogP contribution in [0.3, 0.4) is 0 Å². The van der Waals surface area contributed by atoms with E-state index < -0.39 is 17.3 Å². The first-order chi connectivity index (χ1) is 15.8. The van der Waals surface area contributed by atoms with Gasteiger partial charge in [0.1, 0.15) is 10.9 Å². The average Bonchev–Trinajstić information content (AvgIpc) is 3.12. The van der Waals surface area contributed by atoms with Crippen LogP contribution in [0, 0.1) is 5.92 Å². The van der Waals surface area contributed by atoms with Crippen molar-refractivity contribution in [1.29, 1.82) is 0 Å². The highest BCUT2D eigenvalue weighted by Gasteiger charge is 2.77. The summed E-state index contributed by atoms with van der Waals surface area (Å²) >= 11 is 9.77. The summed E-state index contributed by atoms with van der Waals surface area (Å²) < 4.78 is 13.2. The quantitative estimate of drug-likeness (QED) is 0.485. The highest BCUT2D eigenvalue weighted by atomic mass is 79.9. The van der Waals surface area contributed by atoms with E-state index in [1.54, 1.807) is 6.07 Å². The number of pyridine rings is 1. The van der Waals surface area contributed by atoms with Crippen molar-refractivity contribution in [3.63, 3.8) is 0 Å². The lowest BCUT2D eigenvalue weighted by Gasteiger charge is -2.40. The lowest BCUT2D eigenvalue weighted by atomic mass is 9.71. The van der Waals surface area contributed by atoms with Crippen LogP contribution >= 0.6 is 27.5 Å². The molecule has 2 N–H and O–H groups in total. The lowest BCUT2D eigenvalue weighted by molar-refractivity contribution is -0.152. The van der Waals surface area contributed by atoms with E-state index in [0.717, 1.165) is 21.3 Å². The molecule has 8 heteroatoms. The van der Waals surface area contributed by atoms with Crippen LogP contribution in [0.4, 0.5) is 5.69 Å². The molecule has 1 saturated carbocycles. The largest absolute Gasteiger partial charge is 0.481 e. The van der Waals surface area contributed by atoms with Gasteiger partial charge in [0.2, 0.25) is 5.88 Å². The van der Waals surface area contributed by atoms with Gasteiger partial charge in [0.05, 0.1) is 18.8 Å². The third kappa shape index (κ3) is 2.59. The molecule has 1 fully saturated rings. The van der Waals surface area contributed by atoms with Crippen molar-refractivity contribution in [2.45, 2.75) is 23.2 Å². The van der Waals surface area contributed by atoms with E-state index in [1.807, 2.05) is 49.5 Å². The first-order valence-electron chi connectivity index (χ1n) is 10.7. The molecule has 0 amide bonds. The maximum Gasteiger partial charge on any atom is 0.224 e. The minimum absolute atomic E-state index is 0.150. The van der Waals surface area contributed by atoms with Crippen LogP contribution < -0.4 is 14.4 Å². The Morgan fingerprint density at radius 1 is 1.21 bits per heavy atom. The fraction of sp³-hybridized carbons (Fsp3) is 0.320. The number of rotatable bonds is 2. The van der Waals surface area contributed by atoms with Gasteiger partial charge in [-0.25, -0.2) is 4.98 Å². The molecule has 2 aliphatic heterocycles. The van der Waals surface area contributed by atoms with Crippen LogP contribution in [-0.2, 0) is 11.2 Å². The van der Waals surface area contributed by atoms with Gasteiger partial charge in [0, 0.05) is 41.7 Å². The molecular formula is C25H22BrClN2O4. The van der Waals surface area contributed by atoms with Crippen molar-refractivity contribution >= 4 is 33.2 Å². The number of aliphatic hydroxyl groups is 2. The minimum Gasteiger partial charge on any atom is -0.481 e. The molecule has 2 bridgehead atoms. The first kappa shape index (κ1) is 21.2. The molecule has 1 aliphatic carbocycles. The molecule has 170 valence electrons. The second-order valence-corrected chi connectivity index (χ2v) is 10.3. The highest BCUT2D eigenvalue weighted by Crippen LogP contribution is 2.70. The summed E-state index contributed by atoms with van der Waals surface area (Å²) in [6.45, 7) is 0.544. The molecule has 3 aromatic rings. The molecule has 0 radical (unpaired) electrons. The summed E-state index contributed by atoms with van der Waals surface area (Å²) in [6, 6.07) is 17.5. The van der Waals surface area contributed by atoms with E-state index >= 15 is 0 Å². The van der Waals surface area contributed by atoms with E-state index in [0.29, 0.717) is 17.9 Å². The van der Waals surface area contributed by atoms with Gasteiger partial charge in [-0.2, -0.15) is 0 Å². The molecule has 6 nitrogen and oxygen atoms in total. The Kier molecular flexibility index (Phi) is 4.56. The summed E-state index contributed by atoms with van der Waals surface area (Å²) in [5, 5.41) is 24.7. The highest BCUT2D eigenvalue weighted by molar-refractivity contribution is 9.10. The summed E-state index contributed by atoms with van der Waals surface area (Å²) in [7, 11) is 3.47. The van der Waals surface area contributed by atoms with Crippen LogP contribution in [0.2, 0.25) is 5.15 Å². The van der Waals surface area contributed by atoms with E-state index in [1.165, 1.54) is 7.11 Å². The van der Waals surface area contributed by atoms with Crippen molar-refractivity contribution in [1.82, 2.24) is 4.98 Å². The topological polar surface area (TPSA) is 75.0 Å². The fourth-order valence-corrected chi connectivity index (χ4v) is 6.61. The summed E-state index contributed by atoms with van der Waals surface area (Å²) in [5.41, 5.74) is -0.000584. The summed E-state index contributed by atoms with van der Waals surface area (Å²) in [5.74, 6) is -0.156. The fourth-order valence-electron chi connectivity index (χ4n) is 6.17. The van der Waals surface area contributed by atoms with Gasteiger partial charge in [0.25, 0.3) is 0 Å². The van der Waals surface area contributed by atoms with E-state index in [-0.39, 0.29) is 22.9 Å². The number of benzene rings is 2. The zero-order valence-electron chi connectivity index (χ0n) is 18.0.